The first-order chi connectivity index (χ1) is 10.9. The Morgan fingerprint density at radius 1 is 0.957 bits per heavy atom. The number of unbranched alkanes of at least 4 members (excludes halogenated alkanes) is 3. The largest absolute Gasteiger partial charge is 0.304 e. The van der Waals surface area contributed by atoms with Gasteiger partial charge in [-0.05, 0) is 22.5 Å². The molecule has 0 amide bonds. The van der Waals surface area contributed by atoms with Gasteiger partial charge >= 0.3 is 0 Å². The second-order valence-corrected chi connectivity index (χ2v) is 5.80. The van der Waals surface area contributed by atoms with Crippen LogP contribution in [0, 0.1) is 6.07 Å². The summed E-state index contributed by atoms with van der Waals surface area (Å²) < 4.78 is 0. The van der Waals surface area contributed by atoms with E-state index < -0.39 is 0 Å². The van der Waals surface area contributed by atoms with Gasteiger partial charge in [0.05, 0.1) is 0 Å². The topological polar surface area (TPSA) is 12.9 Å². The number of rotatable bonds is 6. The summed E-state index contributed by atoms with van der Waals surface area (Å²) in [4.78, 5) is 4.56. The van der Waals surface area contributed by atoms with Crippen molar-refractivity contribution in [3.05, 3.63) is 66.4 Å². The van der Waals surface area contributed by atoms with E-state index in [-0.39, 0.29) is 20.1 Å². The summed E-state index contributed by atoms with van der Waals surface area (Å²) in [6.07, 6.45) is 8.25. The molecule has 0 aliphatic heterocycles. The summed E-state index contributed by atoms with van der Waals surface area (Å²) in [6, 6.07) is 20.4. The van der Waals surface area contributed by atoms with Gasteiger partial charge in [-0.15, -0.1) is 35.4 Å². The molecule has 0 aliphatic rings. The molecule has 0 bridgehead atoms. The second-order valence-electron chi connectivity index (χ2n) is 5.80. The van der Waals surface area contributed by atoms with Crippen molar-refractivity contribution in [1.82, 2.24) is 4.98 Å². The molecule has 1 aromatic heterocycles. The van der Waals surface area contributed by atoms with Gasteiger partial charge < -0.3 is 4.98 Å². The fraction of sp³-hybridized carbons (Fsp3) is 0.286. The van der Waals surface area contributed by atoms with Gasteiger partial charge in [-0.25, -0.2) is 0 Å². The van der Waals surface area contributed by atoms with E-state index in [0.29, 0.717) is 0 Å². The smallest absolute Gasteiger partial charge is 0.0167 e. The van der Waals surface area contributed by atoms with Gasteiger partial charge in [-0.1, -0.05) is 63.3 Å². The van der Waals surface area contributed by atoms with E-state index >= 15 is 0 Å². The van der Waals surface area contributed by atoms with Crippen molar-refractivity contribution in [3.8, 4) is 11.3 Å². The van der Waals surface area contributed by atoms with E-state index in [9.17, 15) is 0 Å². The zero-order valence-electron chi connectivity index (χ0n) is 13.5. The molecule has 1 radical (unpaired) electrons. The van der Waals surface area contributed by atoms with Crippen LogP contribution in [0.4, 0.5) is 0 Å². The molecule has 121 valence electrons. The molecule has 0 spiro atoms. The SMILES string of the molecule is CCCCCCc1c[c-]c(-c2nccc3ccccc23)cc1.[Ir]. The number of hydrogen-bond donors (Lipinski definition) is 0. The van der Waals surface area contributed by atoms with Crippen LogP contribution in [0.25, 0.3) is 22.0 Å². The van der Waals surface area contributed by atoms with E-state index in [1.807, 2.05) is 6.20 Å². The number of hydrogen-bond acceptors (Lipinski definition) is 1. The Hall–Kier alpha value is -1.50. The van der Waals surface area contributed by atoms with Crippen molar-refractivity contribution >= 4 is 10.8 Å². The molecule has 0 N–H and O–H groups in total. The molecule has 1 nitrogen and oxygen atoms in total. The zero-order chi connectivity index (χ0) is 15.2. The van der Waals surface area contributed by atoms with Crippen molar-refractivity contribution in [2.24, 2.45) is 0 Å². The number of nitrogens with zero attached hydrogens (tertiary/aromatic N) is 1. The van der Waals surface area contributed by atoms with Crippen LogP contribution in [-0.2, 0) is 26.5 Å². The molecule has 0 saturated carbocycles. The normalized spacial score (nSPS) is 10.5. The quantitative estimate of drug-likeness (QED) is 0.320. The van der Waals surface area contributed by atoms with E-state index in [1.54, 1.807) is 0 Å². The monoisotopic (exact) mass is 481 g/mol. The van der Waals surface area contributed by atoms with Crippen LogP contribution in [0.3, 0.4) is 0 Å². The molecular weight excluding hydrogens is 458 g/mol. The first kappa shape index (κ1) is 17.8. The van der Waals surface area contributed by atoms with Crippen LogP contribution >= 0.6 is 0 Å². The minimum absolute atomic E-state index is 0. The Bertz CT molecular complexity index is 729. The second kappa shape index (κ2) is 8.96. The summed E-state index contributed by atoms with van der Waals surface area (Å²) in [5.74, 6) is 0. The molecule has 0 aliphatic carbocycles. The number of pyridine rings is 1. The average molecular weight is 481 g/mol. The first-order valence-electron chi connectivity index (χ1n) is 8.23. The number of aryl methyl sites for hydroxylation is 1. The Morgan fingerprint density at radius 3 is 2.61 bits per heavy atom. The average Bonchev–Trinajstić information content (AvgIpc) is 2.59. The van der Waals surface area contributed by atoms with Crippen LogP contribution in [0.2, 0.25) is 0 Å². The van der Waals surface area contributed by atoms with Crippen LogP contribution in [0.5, 0.6) is 0 Å². The molecule has 3 rings (SSSR count). The van der Waals surface area contributed by atoms with Gasteiger partial charge in [0.15, 0.2) is 0 Å². The Labute approximate surface area is 152 Å². The van der Waals surface area contributed by atoms with Crippen molar-refractivity contribution < 1.29 is 20.1 Å². The standard InChI is InChI=1S/C21H22N.Ir/c1-2-3-4-5-8-17-11-13-19(14-12-17)21-20-10-7-6-9-18(20)15-16-22-21;/h6-7,9-13,15-16H,2-5,8H2,1H3;/q-1;. The fourth-order valence-electron chi connectivity index (χ4n) is 2.85. The maximum atomic E-state index is 4.56. The Kier molecular flexibility index (Phi) is 6.95. The molecule has 0 fully saturated rings. The fourth-order valence-corrected chi connectivity index (χ4v) is 2.85. The molecule has 2 aromatic carbocycles. The minimum Gasteiger partial charge on any atom is -0.304 e. The molecule has 0 saturated heterocycles. The summed E-state index contributed by atoms with van der Waals surface area (Å²) in [7, 11) is 0. The van der Waals surface area contributed by atoms with Gasteiger partial charge in [0.1, 0.15) is 0 Å². The van der Waals surface area contributed by atoms with E-state index in [1.165, 1.54) is 42.0 Å². The van der Waals surface area contributed by atoms with Gasteiger partial charge in [0.25, 0.3) is 0 Å². The third kappa shape index (κ3) is 4.50. The third-order valence-electron chi connectivity index (χ3n) is 4.12. The molecule has 0 atom stereocenters. The third-order valence-corrected chi connectivity index (χ3v) is 4.12. The summed E-state index contributed by atoms with van der Waals surface area (Å²) >= 11 is 0. The van der Waals surface area contributed by atoms with Crippen molar-refractivity contribution in [1.29, 1.82) is 0 Å². The predicted octanol–water partition coefficient (Wildman–Crippen LogP) is 5.82. The van der Waals surface area contributed by atoms with E-state index in [0.717, 1.165) is 17.7 Å². The number of aromatic nitrogens is 1. The maximum Gasteiger partial charge on any atom is 0.0167 e. The van der Waals surface area contributed by atoms with Crippen molar-refractivity contribution in [2.45, 2.75) is 39.0 Å². The number of fused-ring (bicyclic) bond motifs is 1. The molecule has 0 unspecified atom stereocenters. The number of benzene rings is 2. The zero-order valence-corrected chi connectivity index (χ0v) is 15.9. The van der Waals surface area contributed by atoms with Crippen LogP contribution in [-0.4, -0.2) is 4.98 Å². The molecule has 2 heteroatoms. The summed E-state index contributed by atoms with van der Waals surface area (Å²) in [5.41, 5.74) is 3.48. The van der Waals surface area contributed by atoms with Gasteiger partial charge in [-0.2, -0.15) is 0 Å². The van der Waals surface area contributed by atoms with E-state index in [4.69, 9.17) is 0 Å². The maximum absolute atomic E-state index is 4.56. The first-order valence-corrected chi connectivity index (χ1v) is 8.23. The Morgan fingerprint density at radius 2 is 1.83 bits per heavy atom. The van der Waals surface area contributed by atoms with Gasteiger partial charge in [0.2, 0.25) is 0 Å². The molecule has 23 heavy (non-hydrogen) atoms. The van der Waals surface area contributed by atoms with E-state index in [2.05, 4.69) is 66.5 Å². The van der Waals surface area contributed by atoms with Crippen molar-refractivity contribution in [2.75, 3.05) is 0 Å². The van der Waals surface area contributed by atoms with Crippen LogP contribution in [0.15, 0.2) is 54.7 Å². The molecule has 1 heterocycles. The Balaban J connectivity index is 0.00000192. The van der Waals surface area contributed by atoms with Gasteiger partial charge in [-0.3, -0.25) is 0 Å². The molecular formula is C21H22IrN-. The van der Waals surface area contributed by atoms with Crippen molar-refractivity contribution in [3.63, 3.8) is 0 Å². The predicted molar refractivity (Wildman–Crippen MR) is 93.9 cm³/mol. The molecule has 3 aromatic rings. The van der Waals surface area contributed by atoms with Crippen LogP contribution in [0.1, 0.15) is 38.2 Å². The minimum atomic E-state index is 0. The summed E-state index contributed by atoms with van der Waals surface area (Å²) in [6.45, 7) is 2.25. The summed E-state index contributed by atoms with van der Waals surface area (Å²) in [5, 5.41) is 2.42. The van der Waals surface area contributed by atoms with Gasteiger partial charge in [0, 0.05) is 26.3 Å². The van der Waals surface area contributed by atoms with Crippen LogP contribution < -0.4 is 0 Å².